The third-order valence-electron chi connectivity index (χ3n) is 6.78. The Balaban J connectivity index is 1.57. The monoisotopic (exact) mass is 586 g/mol. The maximum Gasteiger partial charge on any atom is 0.350 e. The van der Waals surface area contributed by atoms with Gasteiger partial charge in [-0.25, -0.2) is 14.2 Å². The quantitative estimate of drug-likeness (QED) is 0.112. The first-order valence-electron chi connectivity index (χ1n) is 13.2. The molecule has 0 bridgehead atoms. The first-order chi connectivity index (χ1) is 20.2. The van der Waals surface area contributed by atoms with Crippen molar-refractivity contribution in [2.45, 2.75) is 33.4 Å². The number of amides is 1. The van der Waals surface area contributed by atoms with Crippen LogP contribution >= 0.6 is 11.3 Å². The van der Waals surface area contributed by atoms with E-state index in [9.17, 15) is 23.9 Å². The van der Waals surface area contributed by atoms with Gasteiger partial charge in [0.2, 0.25) is 0 Å². The molecule has 1 aromatic heterocycles. The molecule has 214 valence electrons. The van der Waals surface area contributed by atoms with E-state index in [1.165, 1.54) is 24.3 Å². The Morgan fingerprint density at radius 3 is 2.43 bits per heavy atom. The van der Waals surface area contributed by atoms with Crippen molar-refractivity contribution in [3.05, 3.63) is 117 Å². The Morgan fingerprint density at radius 2 is 1.76 bits per heavy atom. The summed E-state index contributed by atoms with van der Waals surface area (Å²) in [6.07, 6.45) is 0. The number of thiazole rings is 1. The van der Waals surface area contributed by atoms with E-state index in [0.29, 0.717) is 34.7 Å². The number of rotatable bonds is 8. The van der Waals surface area contributed by atoms with Gasteiger partial charge < -0.3 is 14.6 Å². The molecule has 0 saturated carbocycles. The molecule has 1 aliphatic rings. The van der Waals surface area contributed by atoms with Crippen LogP contribution in [0.5, 0.6) is 5.75 Å². The number of ether oxygens (including phenoxy) is 2. The molecule has 5 rings (SSSR count). The number of nitrogens with zero attached hydrogens (tertiary/aromatic N) is 2. The zero-order valence-electron chi connectivity index (χ0n) is 23.1. The highest BCUT2D eigenvalue weighted by Gasteiger charge is 2.48. The zero-order chi connectivity index (χ0) is 30.0. The van der Waals surface area contributed by atoms with E-state index in [2.05, 4.69) is 4.98 Å². The molecule has 4 aromatic rings. The fourth-order valence-corrected chi connectivity index (χ4v) is 5.73. The number of halogens is 1. The first kappa shape index (κ1) is 28.7. The van der Waals surface area contributed by atoms with Crippen molar-refractivity contribution in [1.29, 1.82) is 0 Å². The minimum Gasteiger partial charge on any atom is -0.507 e. The summed E-state index contributed by atoms with van der Waals surface area (Å²) in [6, 6.07) is 18.8. The van der Waals surface area contributed by atoms with E-state index in [1.54, 1.807) is 39.0 Å². The van der Waals surface area contributed by atoms with E-state index < -0.39 is 35.3 Å². The summed E-state index contributed by atoms with van der Waals surface area (Å²) in [5, 5.41) is 11.6. The molecule has 1 fully saturated rings. The van der Waals surface area contributed by atoms with Crippen LogP contribution in [0, 0.1) is 19.7 Å². The van der Waals surface area contributed by atoms with E-state index in [1.807, 2.05) is 30.3 Å². The number of aromatic nitrogens is 1. The van der Waals surface area contributed by atoms with Gasteiger partial charge in [0.05, 0.1) is 23.9 Å². The number of esters is 1. The van der Waals surface area contributed by atoms with Gasteiger partial charge in [0.1, 0.15) is 28.8 Å². The van der Waals surface area contributed by atoms with Crippen LogP contribution in [-0.2, 0) is 20.9 Å². The average Bonchev–Trinajstić information content (AvgIpc) is 3.49. The summed E-state index contributed by atoms with van der Waals surface area (Å²) < 4.78 is 24.9. The molecule has 1 saturated heterocycles. The number of carbonyl (C=O) groups is 3. The van der Waals surface area contributed by atoms with Crippen LogP contribution in [0.15, 0.2) is 78.4 Å². The maximum atomic E-state index is 13.9. The lowest BCUT2D eigenvalue weighted by Crippen LogP contribution is -2.29. The van der Waals surface area contributed by atoms with Crippen LogP contribution in [0.4, 0.5) is 9.52 Å². The summed E-state index contributed by atoms with van der Waals surface area (Å²) in [5.41, 5.74) is 2.45. The topological polar surface area (TPSA) is 106 Å². The van der Waals surface area contributed by atoms with Crippen molar-refractivity contribution in [3.63, 3.8) is 0 Å². The lowest BCUT2D eigenvalue weighted by molar-refractivity contribution is -0.132. The molecular formula is C32H27FN2O6S. The Labute approximate surface area is 245 Å². The summed E-state index contributed by atoms with van der Waals surface area (Å²) in [5.74, 6) is -2.80. The van der Waals surface area contributed by atoms with E-state index in [4.69, 9.17) is 9.47 Å². The van der Waals surface area contributed by atoms with Crippen molar-refractivity contribution in [2.24, 2.45) is 0 Å². The van der Waals surface area contributed by atoms with Crippen LogP contribution in [0.1, 0.15) is 50.6 Å². The standard InChI is InChI=1S/C32H27FN2O6S/c1-4-40-31(39)29-19(3)34-32(42-29)35-26(21-10-12-22(33)13-11-21)25(28(37)30(35)38)27(36)24-15-14-23(16-18(24)2)41-17-20-8-6-5-7-9-20/h5-16,26,36H,4,17H2,1-3H3. The first-order valence-corrected chi connectivity index (χ1v) is 14.0. The fourth-order valence-electron chi connectivity index (χ4n) is 4.74. The zero-order valence-corrected chi connectivity index (χ0v) is 23.9. The third kappa shape index (κ3) is 5.53. The fraction of sp³-hybridized carbons (Fsp3) is 0.188. The largest absolute Gasteiger partial charge is 0.507 e. The molecule has 3 aromatic carbocycles. The van der Waals surface area contributed by atoms with Gasteiger partial charge in [-0.3, -0.25) is 14.5 Å². The molecule has 0 spiro atoms. The second-order valence-corrected chi connectivity index (χ2v) is 10.6. The highest BCUT2D eigenvalue weighted by Crippen LogP contribution is 2.44. The molecular weight excluding hydrogens is 559 g/mol. The molecule has 2 heterocycles. The van der Waals surface area contributed by atoms with Crippen molar-refractivity contribution in [2.75, 3.05) is 11.5 Å². The number of benzene rings is 3. The number of hydrogen-bond donors (Lipinski definition) is 1. The van der Waals surface area contributed by atoms with Gasteiger partial charge in [-0.15, -0.1) is 0 Å². The predicted octanol–water partition coefficient (Wildman–Crippen LogP) is 6.28. The van der Waals surface area contributed by atoms with Gasteiger partial charge in [0, 0.05) is 5.56 Å². The molecule has 8 nitrogen and oxygen atoms in total. The predicted molar refractivity (Wildman–Crippen MR) is 156 cm³/mol. The van der Waals surface area contributed by atoms with Gasteiger partial charge in [-0.05, 0) is 67.8 Å². The Morgan fingerprint density at radius 1 is 1.05 bits per heavy atom. The number of hydrogen-bond acceptors (Lipinski definition) is 8. The number of ketones is 1. The van der Waals surface area contributed by atoms with E-state index in [-0.39, 0.29) is 22.2 Å². The molecule has 1 N–H and O–H groups in total. The summed E-state index contributed by atoms with van der Waals surface area (Å²) in [6.45, 7) is 5.53. The normalized spacial score (nSPS) is 16.1. The summed E-state index contributed by atoms with van der Waals surface area (Å²) in [7, 11) is 0. The van der Waals surface area contributed by atoms with Crippen LogP contribution in [0.3, 0.4) is 0 Å². The third-order valence-corrected chi connectivity index (χ3v) is 7.92. The molecule has 10 heteroatoms. The van der Waals surface area contributed by atoms with Crippen LogP contribution < -0.4 is 9.64 Å². The molecule has 1 aliphatic heterocycles. The van der Waals surface area contributed by atoms with Crippen molar-refractivity contribution in [3.8, 4) is 5.75 Å². The number of Topliss-reactive ketones (excluding diaryl/α,β-unsaturated/α-hetero) is 1. The summed E-state index contributed by atoms with van der Waals surface area (Å²) in [4.78, 5) is 45.1. The Bertz CT molecular complexity index is 1700. The van der Waals surface area contributed by atoms with Crippen molar-refractivity contribution in [1.82, 2.24) is 4.98 Å². The Kier molecular flexibility index (Phi) is 8.17. The second kappa shape index (κ2) is 12.0. The molecule has 0 radical (unpaired) electrons. The number of carbonyl (C=O) groups excluding carboxylic acids is 3. The molecule has 42 heavy (non-hydrogen) atoms. The SMILES string of the molecule is CCOC(=O)c1sc(N2C(=O)C(=O)C(=C(O)c3ccc(OCc4ccccc4)cc3C)C2c2ccc(F)cc2)nc1C. The van der Waals surface area contributed by atoms with E-state index >= 15 is 0 Å². The number of aliphatic hydroxyl groups excluding tert-OH is 1. The Hall–Kier alpha value is -4.83. The minimum absolute atomic E-state index is 0.0763. The highest BCUT2D eigenvalue weighted by molar-refractivity contribution is 7.17. The number of anilines is 1. The summed E-state index contributed by atoms with van der Waals surface area (Å²) >= 11 is 0.903. The maximum absolute atomic E-state index is 13.9. The van der Waals surface area contributed by atoms with Gasteiger partial charge >= 0.3 is 11.9 Å². The molecule has 1 unspecified atom stereocenters. The average molecular weight is 587 g/mol. The number of aryl methyl sites for hydroxylation is 2. The van der Waals surface area contributed by atoms with Crippen LogP contribution in [0.25, 0.3) is 5.76 Å². The van der Waals surface area contributed by atoms with Crippen molar-refractivity contribution >= 4 is 39.9 Å². The highest BCUT2D eigenvalue weighted by atomic mass is 32.1. The lowest BCUT2D eigenvalue weighted by Gasteiger charge is -2.23. The van der Waals surface area contributed by atoms with Gasteiger partial charge in [-0.1, -0.05) is 53.8 Å². The van der Waals surface area contributed by atoms with Crippen molar-refractivity contribution < 1.29 is 33.4 Å². The smallest absolute Gasteiger partial charge is 0.350 e. The molecule has 1 amide bonds. The van der Waals surface area contributed by atoms with E-state index in [0.717, 1.165) is 21.8 Å². The molecule has 1 atom stereocenters. The van der Waals surface area contributed by atoms with Crippen LogP contribution in [-0.4, -0.2) is 34.4 Å². The van der Waals surface area contributed by atoms with Crippen LogP contribution in [0.2, 0.25) is 0 Å². The van der Waals surface area contributed by atoms with Gasteiger partial charge in [0.25, 0.3) is 5.78 Å². The minimum atomic E-state index is -1.13. The van der Waals surface area contributed by atoms with Gasteiger partial charge in [-0.2, -0.15) is 0 Å². The lowest BCUT2D eigenvalue weighted by atomic mass is 9.94. The molecule has 0 aliphatic carbocycles. The number of aliphatic hydroxyl groups is 1. The second-order valence-electron chi connectivity index (χ2n) is 9.60. The van der Waals surface area contributed by atoms with Gasteiger partial charge in [0.15, 0.2) is 5.13 Å².